The Morgan fingerprint density at radius 3 is 2.70 bits per heavy atom. The van der Waals surface area contributed by atoms with Crippen molar-refractivity contribution in [1.82, 2.24) is 19.9 Å². The van der Waals surface area contributed by atoms with Gasteiger partial charge in [0, 0.05) is 19.3 Å². The molecule has 3 heterocycles. The molecule has 104 valence electrons. The lowest BCUT2D eigenvalue weighted by atomic mass is 10.1. The van der Waals surface area contributed by atoms with Gasteiger partial charge >= 0.3 is 6.01 Å². The molecule has 0 unspecified atom stereocenters. The van der Waals surface area contributed by atoms with Gasteiger partial charge in [-0.1, -0.05) is 0 Å². The van der Waals surface area contributed by atoms with Crippen LogP contribution in [0.1, 0.15) is 19.3 Å². The smallest absolute Gasteiger partial charge is 0.328 e. The molecule has 2 aromatic heterocycles. The lowest BCUT2D eigenvalue weighted by Crippen LogP contribution is -2.31. The molecule has 0 bridgehead atoms. The highest BCUT2D eigenvalue weighted by Gasteiger charge is 2.16. The fraction of sp³-hybridized carbons (Fsp3) is 0.385. The molecule has 20 heavy (non-hydrogen) atoms. The van der Waals surface area contributed by atoms with E-state index in [1.807, 2.05) is 0 Å². The first kappa shape index (κ1) is 13.1. The zero-order chi connectivity index (χ0) is 13.8. The Labute approximate surface area is 121 Å². The average Bonchev–Trinajstić information content (AvgIpc) is 2.49. The van der Waals surface area contributed by atoms with Crippen LogP contribution in [0.5, 0.6) is 11.8 Å². The Morgan fingerprint density at radius 1 is 1.10 bits per heavy atom. The highest BCUT2D eigenvalue weighted by atomic mass is 35.5. The minimum Gasteiger partial charge on any atom is -0.422 e. The zero-order valence-electron chi connectivity index (χ0n) is 10.9. The second-order valence-electron chi connectivity index (χ2n) is 4.53. The normalized spacial score (nSPS) is 15.2. The van der Waals surface area contributed by atoms with Crippen molar-refractivity contribution in [2.45, 2.75) is 19.3 Å². The predicted octanol–water partition coefficient (Wildman–Crippen LogP) is 2.70. The quantitative estimate of drug-likeness (QED) is 0.866. The summed E-state index contributed by atoms with van der Waals surface area (Å²) in [5, 5.41) is 0.138. The molecule has 0 aromatic carbocycles. The molecule has 0 radical (unpaired) electrons. The first-order valence-corrected chi connectivity index (χ1v) is 6.93. The van der Waals surface area contributed by atoms with E-state index < -0.39 is 0 Å². The van der Waals surface area contributed by atoms with Gasteiger partial charge in [0.05, 0.1) is 6.20 Å². The van der Waals surface area contributed by atoms with E-state index in [0.29, 0.717) is 11.7 Å². The molecule has 1 aliphatic rings. The lowest BCUT2D eigenvalue weighted by molar-refractivity contribution is 0.435. The molecule has 0 aliphatic carbocycles. The van der Waals surface area contributed by atoms with E-state index in [4.69, 9.17) is 16.3 Å². The Bertz CT molecular complexity index is 574. The summed E-state index contributed by atoms with van der Waals surface area (Å²) < 4.78 is 5.55. The topological polar surface area (TPSA) is 64.0 Å². The molecule has 1 fully saturated rings. The number of aromatic nitrogens is 4. The molecular formula is C13H14ClN5O. The molecule has 7 heteroatoms. The van der Waals surface area contributed by atoms with Gasteiger partial charge in [0.1, 0.15) is 5.75 Å². The van der Waals surface area contributed by atoms with Crippen LogP contribution in [0.4, 0.5) is 5.95 Å². The van der Waals surface area contributed by atoms with Crippen molar-refractivity contribution in [2.75, 3.05) is 18.0 Å². The number of ether oxygens (including phenoxy) is 1. The molecule has 6 nitrogen and oxygen atoms in total. The second-order valence-corrected chi connectivity index (χ2v) is 4.86. The van der Waals surface area contributed by atoms with E-state index in [1.54, 1.807) is 24.5 Å². The van der Waals surface area contributed by atoms with Gasteiger partial charge in [0.2, 0.25) is 11.2 Å². The minimum absolute atomic E-state index is 0.138. The molecule has 0 saturated carbocycles. The zero-order valence-corrected chi connectivity index (χ0v) is 11.6. The van der Waals surface area contributed by atoms with Crippen molar-refractivity contribution in [1.29, 1.82) is 0 Å². The van der Waals surface area contributed by atoms with Crippen molar-refractivity contribution >= 4 is 17.5 Å². The van der Waals surface area contributed by atoms with Crippen molar-refractivity contribution in [3.05, 3.63) is 29.8 Å². The SMILES string of the molecule is Clc1nc(Oc2cccnc2)nc(N2CCCCC2)n1. The molecule has 0 spiro atoms. The van der Waals surface area contributed by atoms with E-state index in [0.717, 1.165) is 25.9 Å². The number of rotatable bonds is 3. The van der Waals surface area contributed by atoms with Crippen LogP contribution in [0.25, 0.3) is 0 Å². The largest absolute Gasteiger partial charge is 0.422 e. The fourth-order valence-electron chi connectivity index (χ4n) is 2.12. The Hall–Kier alpha value is -1.95. The van der Waals surface area contributed by atoms with Crippen LogP contribution in [0.15, 0.2) is 24.5 Å². The van der Waals surface area contributed by atoms with Gasteiger partial charge in [0.15, 0.2) is 0 Å². The van der Waals surface area contributed by atoms with E-state index in [-0.39, 0.29) is 11.3 Å². The van der Waals surface area contributed by atoms with Crippen molar-refractivity contribution < 1.29 is 4.74 Å². The average molecular weight is 292 g/mol. The number of hydrogen-bond donors (Lipinski definition) is 0. The van der Waals surface area contributed by atoms with Gasteiger partial charge in [-0.05, 0) is 43.0 Å². The minimum atomic E-state index is 0.138. The van der Waals surface area contributed by atoms with Gasteiger partial charge in [-0.25, -0.2) is 0 Å². The van der Waals surface area contributed by atoms with Gasteiger partial charge in [-0.2, -0.15) is 15.0 Å². The number of piperidine rings is 1. The molecule has 0 atom stereocenters. The van der Waals surface area contributed by atoms with Crippen LogP contribution in [0.2, 0.25) is 5.28 Å². The van der Waals surface area contributed by atoms with Crippen LogP contribution >= 0.6 is 11.6 Å². The maximum atomic E-state index is 5.95. The molecule has 2 aromatic rings. The van der Waals surface area contributed by atoms with Gasteiger partial charge in [0.25, 0.3) is 0 Å². The maximum absolute atomic E-state index is 5.95. The van der Waals surface area contributed by atoms with Crippen molar-refractivity contribution in [2.24, 2.45) is 0 Å². The number of nitrogens with zero attached hydrogens (tertiary/aromatic N) is 5. The molecule has 1 saturated heterocycles. The summed E-state index contributed by atoms with van der Waals surface area (Å²) in [6.45, 7) is 1.87. The number of hydrogen-bond acceptors (Lipinski definition) is 6. The third-order valence-electron chi connectivity index (χ3n) is 3.06. The molecular weight excluding hydrogens is 278 g/mol. The Balaban J connectivity index is 1.82. The van der Waals surface area contributed by atoms with Crippen LogP contribution < -0.4 is 9.64 Å². The van der Waals surface area contributed by atoms with E-state index in [1.165, 1.54) is 6.42 Å². The first-order chi connectivity index (χ1) is 9.81. The lowest BCUT2D eigenvalue weighted by Gasteiger charge is -2.26. The van der Waals surface area contributed by atoms with Crippen LogP contribution in [-0.2, 0) is 0 Å². The number of anilines is 1. The molecule has 0 amide bonds. The first-order valence-electron chi connectivity index (χ1n) is 6.56. The van der Waals surface area contributed by atoms with E-state index >= 15 is 0 Å². The van der Waals surface area contributed by atoms with Crippen molar-refractivity contribution in [3.63, 3.8) is 0 Å². The summed E-state index contributed by atoms with van der Waals surface area (Å²) in [5.74, 6) is 1.14. The van der Waals surface area contributed by atoms with E-state index in [9.17, 15) is 0 Å². The van der Waals surface area contributed by atoms with Gasteiger partial charge in [-0.3, -0.25) is 4.98 Å². The highest BCUT2D eigenvalue weighted by molar-refractivity contribution is 6.28. The van der Waals surface area contributed by atoms with Crippen LogP contribution in [-0.4, -0.2) is 33.0 Å². The summed E-state index contributed by atoms with van der Waals surface area (Å²) in [6.07, 6.45) is 6.79. The third kappa shape index (κ3) is 3.14. The summed E-state index contributed by atoms with van der Waals surface area (Å²) in [7, 11) is 0. The van der Waals surface area contributed by atoms with Gasteiger partial charge < -0.3 is 9.64 Å². The van der Waals surface area contributed by atoms with Crippen molar-refractivity contribution in [3.8, 4) is 11.8 Å². The number of pyridine rings is 1. The summed E-state index contributed by atoms with van der Waals surface area (Å²) in [4.78, 5) is 18.6. The highest BCUT2D eigenvalue weighted by Crippen LogP contribution is 2.22. The molecule has 3 rings (SSSR count). The standard InChI is InChI=1S/C13H14ClN5O/c14-11-16-12(19-7-2-1-3-8-19)18-13(17-11)20-10-5-4-6-15-9-10/h4-6,9H,1-3,7-8H2. The Morgan fingerprint density at radius 2 is 1.95 bits per heavy atom. The second kappa shape index (κ2) is 6.00. The fourth-order valence-corrected chi connectivity index (χ4v) is 2.26. The molecule has 0 N–H and O–H groups in total. The Kier molecular flexibility index (Phi) is 3.92. The summed E-state index contributed by atoms with van der Waals surface area (Å²) >= 11 is 5.95. The van der Waals surface area contributed by atoms with Gasteiger partial charge in [-0.15, -0.1) is 0 Å². The van der Waals surface area contributed by atoms with Crippen LogP contribution in [0.3, 0.4) is 0 Å². The van der Waals surface area contributed by atoms with E-state index in [2.05, 4.69) is 24.8 Å². The monoisotopic (exact) mass is 291 g/mol. The third-order valence-corrected chi connectivity index (χ3v) is 3.23. The summed E-state index contributed by atoms with van der Waals surface area (Å²) in [5.41, 5.74) is 0. The predicted molar refractivity (Wildman–Crippen MR) is 75.2 cm³/mol. The number of halogens is 1. The van der Waals surface area contributed by atoms with Crippen LogP contribution in [0, 0.1) is 0 Å². The maximum Gasteiger partial charge on any atom is 0.328 e. The summed E-state index contributed by atoms with van der Waals surface area (Å²) in [6, 6.07) is 3.76. The molecule has 1 aliphatic heterocycles.